The molecule has 0 spiro atoms. The molecule has 3 nitrogen and oxygen atoms in total. The first-order valence-electron chi connectivity index (χ1n) is 5.54. The molecular formula is C13H17N3. The van der Waals surface area contributed by atoms with Crippen LogP contribution in [-0.4, -0.2) is 17.0 Å². The van der Waals surface area contributed by atoms with E-state index in [-0.39, 0.29) is 0 Å². The summed E-state index contributed by atoms with van der Waals surface area (Å²) in [4.78, 5) is 7.74. The SMILES string of the molecule is CNc1cccc(-c2ncc(C(C)C)[nH]2)c1. The summed E-state index contributed by atoms with van der Waals surface area (Å²) >= 11 is 0. The molecule has 0 saturated carbocycles. The molecule has 0 aliphatic rings. The van der Waals surface area contributed by atoms with Gasteiger partial charge in [0.15, 0.2) is 0 Å². The number of aromatic nitrogens is 2. The third kappa shape index (κ3) is 2.08. The van der Waals surface area contributed by atoms with Crippen LogP contribution in [-0.2, 0) is 0 Å². The van der Waals surface area contributed by atoms with Crippen LogP contribution in [0.2, 0.25) is 0 Å². The summed E-state index contributed by atoms with van der Waals surface area (Å²) in [5, 5.41) is 3.13. The van der Waals surface area contributed by atoms with E-state index in [4.69, 9.17) is 0 Å². The lowest BCUT2D eigenvalue weighted by Crippen LogP contribution is -1.89. The number of nitrogens with zero attached hydrogens (tertiary/aromatic N) is 1. The summed E-state index contributed by atoms with van der Waals surface area (Å²) in [5.74, 6) is 1.41. The number of hydrogen-bond acceptors (Lipinski definition) is 2. The zero-order valence-electron chi connectivity index (χ0n) is 9.91. The Kier molecular flexibility index (Phi) is 2.95. The molecule has 0 unspecified atom stereocenters. The van der Waals surface area contributed by atoms with E-state index in [0.717, 1.165) is 17.1 Å². The van der Waals surface area contributed by atoms with Crippen molar-refractivity contribution in [1.82, 2.24) is 9.97 Å². The van der Waals surface area contributed by atoms with Gasteiger partial charge in [-0.2, -0.15) is 0 Å². The maximum absolute atomic E-state index is 4.40. The smallest absolute Gasteiger partial charge is 0.137 e. The highest BCUT2D eigenvalue weighted by Crippen LogP contribution is 2.21. The normalized spacial score (nSPS) is 10.8. The molecule has 0 saturated heterocycles. The Bertz CT molecular complexity index is 472. The van der Waals surface area contributed by atoms with Gasteiger partial charge in [-0.15, -0.1) is 0 Å². The maximum atomic E-state index is 4.40. The molecule has 2 N–H and O–H groups in total. The highest BCUT2D eigenvalue weighted by Gasteiger charge is 2.06. The molecule has 1 aromatic heterocycles. The minimum absolute atomic E-state index is 0.480. The molecule has 1 heterocycles. The third-order valence-electron chi connectivity index (χ3n) is 2.64. The lowest BCUT2D eigenvalue weighted by atomic mass is 10.1. The van der Waals surface area contributed by atoms with Gasteiger partial charge in [0.2, 0.25) is 0 Å². The van der Waals surface area contributed by atoms with E-state index >= 15 is 0 Å². The number of aromatic amines is 1. The number of benzene rings is 1. The van der Waals surface area contributed by atoms with Crippen LogP contribution < -0.4 is 5.32 Å². The van der Waals surface area contributed by atoms with Crippen molar-refractivity contribution in [2.24, 2.45) is 0 Å². The molecule has 0 radical (unpaired) electrons. The van der Waals surface area contributed by atoms with Crippen LogP contribution in [0.4, 0.5) is 5.69 Å². The second kappa shape index (κ2) is 4.39. The summed E-state index contributed by atoms with van der Waals surface area (Å²) < 4.78 is 0. The summed E-state index contributed by atoms with van der Waals surface area (Å²) in [6.45, 7) is 4.31. The number of H-pyrrole nitrogens is 1. The van der Waals surface area contributed by atoms with E-state index < -0.39 is 0 Å². The number of rotatable bonds is 3. The molecule has 16 heavy (non-hydrogen) atoms. The monoisotopic (exact) mass is 215 g/mol. The van der Waals surface area contributed by atoms with E-state index in [1.165, 1.54) is 5.69 Å². The van der Waals surface area contributed by atoms with Gasteiger partial charge >= 0.3 is 0 Å². The van der Waals surface area contributed by atoms with E-state index in [9.17, 15) is 0 Å². The first-order valence-corrected chi connectivity index (χ1v) is 5.54. The molecule has 0 amide bonds. The molecule has 0 aliphatic heterocycles. The van der Waals surface area contributed by atoms with Crippen LogP contribution in [0.3, 0.4) is 0 Å². The van der Waals surface area contributed by atoms with Crippen molar-refractivity contribution in [2.45, 2.75) is 19.8 Å². The van der Waals surface area contributed by atoms with Gasteiger partial charge < -0.3 is 10.3 Å². The summed E-state index contributed by atoms with van der Waals surface area (Å²) in [7, 11) is 1.92. The van der Waals surface area contributed by atoms with E-state index in [1.807, 2.05) is 25.4 Å². The van der Waals surface area contributed by atoms with Gasteiger partial charge in [0.05, 0.1) is 0 Å². The lowest BCUT2D eigenvalue weighted by Gasteiger charge is -2.02. The predicted octanol–water partition coefficient (Wildman–Crippen LogP) is 3.24. The van der Waals surface area contributed by atoms with Crippen LogP contribution in [0.25, 0.3) is 11.4 Å². The van der Waals surface area contributed by atoms with Gasteiger partial charge in [-0.05, 0) is 18.1 Å². The first kappa shape index (κ1) is 10.7. The number of nitrogens with one attached hydrogen (secondary N) is 2. The minimum Gasteiger partial charge on any atom is -0.388 e. The lowest BCUT2D eigenvalue weighted by molar-refractivity contribution is 0.833. The molecule has 1 aromatic carbocycles. The van der Waals surface area contributed by atoms with E-state index in [0.29, 0.717) is 5.92 Å². The Hall–Kier alpha value is -1.77. The van der Waals surface area contributed by atoms with Gasteiger partial charge in [0.25, 0.3) is 0 Å². The van der Waals surface area contributed by atoms with Crippen molar-refractivity contribution in [3.63, 3.8) is 0 Å². The summed E-state index contributed by atoms with van der Waals surface area (Å²) in [6, 6.07) is 8.21. The number of anilines is 1. The molecule has 0 atom stereocenters. The highest BCUT2D eigenvalue weighted by molar-refractivity contribution is 5.62. The van der Waals surface area contributed by atoms with Crippen LogP contribution in [0, 0.1) is 0 Å². The predicted molar refractivity (Wildman–Crippen MR) is 67.7 cm³/mol. The number of hydrogen-bond donors (Lipinski definition) is 2. The van der Waals surface area contributed by atoms with Crippen molar-refractivity contribution in [3.05, 3.63) is 36.2 Å². The molecule has 84 valence electrons. The fourth-order valence-corrected chi connectivity index (χ4v) is 1.60. The van der Waals surface area contributed by atoms with Gasteiger partial charge in [0.1, 0.15) is 5.82 Å². The second-order valence-corrected chi connectivity index (χ2v) is 4.17. The average molecular weight is 215 g/mol. The Labute approximate surface area is 95.9 Å². The van der Waals surface area contributed by atoms with Gasteiger partial charge in [-0.25, -0.2) is 4.98 Å². The largest absolute Gasteiger partial charge is 0.388 e. The van der Waals surface area contributed by atoms with Gasteiger partial charge in [-0.3, -0.25) is 0 Å². The molecule has 0 fully saturated rings. The Morgan fingerprint density at radius 2 is 2.12 bits per heavy atom. The summed E-state index contributed by atoms with van der Waals surface area (Å²) in [6.07, 6.45) is 1.91. The molecule has 0 aliphatic carbocycles. The second-order valence-electron chi connectivity index (χ2n) is 4.17. The number of imidazole rings is 1. The fourth-order valence-electron chi connectivity index (χ4n) is 1.60. The topological polar surface area (TPSA) is 40.7 Å². The quantitative estimate of drug-likeness (QED) is 0.825. The Morgan fingerprint density at radius 1 is 1.31 bits per heavy atom. The zero-order valence-corrected chi connectivity index (χ0v) is 9.91. The van der Waals surface area contributed by atoms with E-state index in [1.54, 1.807) is 0 Å². The zero-order chi connectivity index (χ0) is 11.5. The van der Waals surface area contributed by atoms with E-state index in [2.05, 4.69) is 41.3 Å². The first-order chi connectivity index (χ1) is 7.70. The van der Waals surface area contributed by atoms with Crippen molar-refractivity contribution in [2.75, 3.05) is 12.4 Å². The standard InChI is InChI=1S/C13H17N3/c1-9(2)12-8-15-13(16-12)10-5-4-6-11(7-10)14-3/h4-9,14H,1-3H3,(H,15,16). The minimum atomic E-state index is 0.480. The van der Waals surface area contributed by atoms with Crippen molar-refractivity contribution < 1.29 is 0 Å². The molecule has 0 bridgehead atoms. The molecular weight excluding hydrogens is 198 g/mol. The van der Waals surface area contributed by atoms with Crippen molar-refractivity contribution in [1.29, 1.82) is 0 Å². The van der Waals surface area contributed by atoms with Gasteiger partial charge in [-0.1, -0.05) is 26.0 Å². The highest BCUT2D eigenvalue weighted by atomic mass is 14.9. The van der Waals surface area contributed by atoms with Crippen molar-refractivity contribution >= 4 is 5.69 Å². The maximum Gasteiger partial charge on any atom is 0.137 e. The van der Waals surface area contributed by atoms with Gasteiger partial charge in [0, 0.05) is 30.2 Å². The van der Waals surface area contributed by atoms with Crippen molar-refractivity contribution in [3.8, 4) is 11.4 Å². The molecule has 2 aromatic rings. The van der Waals surface area contributed by atoms with Crippen LogP contribution >= 0.6 is 0 Å². The molecule has 3 heteroatoms. The Balaban J connectivity index is 2.34. The Morgan fingerprint density at radius 3 is 2.75 bits per heavy atom. The average Bonchev–Trinajstić information content (AvgIpc) is 2.78. The summed E-state index contributed by atoms with van der Waals surface area (Å²) in [5.41, 5.74) is 3.38. The third-order valence-corrected chi connectivity index (χ3v) is 2.64. The van der Waals surface area contributed by atoms with Crippen LogP contribution in [0.5, 0.6) is 0 Å². The molecule has 2 rings (SSSR count). The fraction of sp³-hybridized carbons (Fsp3) is 0.308. The van der Waals surface area contributed by atoms with Crippen LogP contribution in [0.1, 0.15) is 25.5 Å². The van der Waals surface area contributed by atoms with Crippen LogP contribution in [0.15, 0.2) is 30.5 Å².